The predicted molar refractivity (Wildman–Crippen MR) is 120 cm³/mol. The molecule has 0 bridgehead atoms. The topological polar surface area (TPSA) is 73.8 Å². The number of halogens is 1. The minimum atomic E-state index is -0.325. The molecule has 0 aliphatic rings. The fraction of sp³-hybridized carbons (Fsp3) is 0.0909. The van der Waals surface area contributed by atoms with Crippen LogP contribution in [-0.2, 0) is 12.8 Å². The first-order valence-corrected chi connectivity index (χ1v) is 11.2. The first-order chi connectivity index (χ1) is 15.1. The Morgan fingerprint density at radius 2 is 1.84 bits per heavy atom. The maximum absolute atomic E-state index is 13.1. The van der Waals surface area contributed by atoms with Crippen LogP contribution in [0.2, 0.25) is 0 Å². The lowest BCUT2D eigenvalue weighted by molar-refractivity contribution is 0.391. The van der Waals surface area contributed by atoms with Crippen LogP contribution in [0.1, 0.15) is 5.89 Å². The fourth-order valence-electron chi connectivity index (χ4n) is 3.17. The van der Waals surface area contributed by atoms with Gasteiger partial charge in [0, 0.05) is 23.6 Å². The van der Waals surface area contributed by atoms with Crippen LogP contribution in [0.4, 0.5) is 4.39 Å². The minimum absolute atomic E-state index is 0.0925. The lowest BCUT2D eigenvalue weighted by Gasteiger charge is -2.06. The monoisotopic (exact) mass is 450 g/mol. The molecule has 0 saturated carbocycles. The van der Waals surface area contributed by atoms with Gasteiger partial charge in [0.25, 0.3) is 5.56 Å². The molecule has 0 amide bonds. The van der Waals surface area contributed by atoms with Crippen LogP contribution in [0.5, 0.6) is 0 Å². The zero-order valence-corrected chi connectivity index (χ0v) is 17.9. The maximum Gasteiger partial charge on any atom is 0.263 e. The number of nitrogens with zero attached hydrogens (tertiary/aromatic N) is 4. The number of rotatable bonds is 5. The van der Waals surface area contributed by atoms with E-state index in [4.69, 9.17) is 4.52 Å². The molecule has 0 aliphatic heterocycles. The van der Waals surface area contributed by atoms with Crippen molar-refractivity contribution in [2.24, 2.45) is 7.05 Å². The molecule has 0 spiro atoms. The highest BCUT2D eigenvalue weighted by Gasteiger charge is 2.17. The highest BCUT2D eigenvalue weighted by Crippen LogP contribution is 2.32. The van der Waals surface area contributed by atoms with Crippen LogP contribution < -0.4 is 5.56 Å². The number of aromatic nitrogens is 4. The summed E-state index contributed by atoms with van der Waals surface area (Å²) < 4.78 is 19.9. The number of fused-ring (bicyclic) bond motifs is 1. The quantitative estimate of drug-likeness (QED) is 0.273. The van der Waals surface area contributed by atoms with Gasteiger partial charge in [-0.05, 0) is 29.8 Å². The molecule has 6 nitrogen and oxygen atoms in total. The van der Waals surface area contributed by atoms with Gasteiger partial charge in [-0.3, -0.25) is 9.36 Å². The standard InChI is InChI=1S/C22H15FN4O2S2/c1-27-21(28)18-16(13-5-3-2-4-6-13)11-30-20(18)25-22(27)31-12-17-24-19(26-29-17)14-7-9-15(23)10-8-14/h2-11H,12H2,1H3. The van der Waals surface area contributed by atoms with Gasteiger partial charge >= 0.3 is 0 Å². The Bertz CT molecular complexity index is 1430. The second-order valence-electron chi connectivity index (χ2n) is 6.76. The molecule has 3 heterocycles. The van der Waals surface area contributed by atoms with E-state index < -0.39 is 0 Å². The van der Waals surface area contributed by atoms with Crippen LogP contribution >= 0.6 is 23.1 Å². The minimum Gasteiger partial charge on any atom is -0.338 e. The molecule has 0 saturated heterocycles. The first kappa shape index (κ1) is 19.7. The maximum atomic E-state index is 13.1. The smallest absolute Gasteiger partial charge is 0.263 e. The van der Waals surface area contributed by atoms with E-state index in [0.717, 1.165) is 11.1 Å². The van der Waals surface area contributed by atoms with Crippen molar-refractivity contribution in [2.45, 2.75) is 10.9 Å². The molecule has 5 aromatic rings. The summed E-state index contributed by atoms with van der Waals surface area (Å²) in [5.74, 6) is 0.819. The Labute approximate surface area is 184 Å². The molecular weight excluding hydrogens is 435 g/mol. The summed E-state index contributed by atoms with van der Waals surface area (Å²) in [6.07, 6.45) is 0. The second-order valence-corrected chi connectivity index (χ2v) is 8.56. The summed E-state index contributed by atoms with van der Waals surface area (Å²) in [6.45, 7) is 0. The van der Waals surface area contributed by atoms with Gasteiger partial charge in [0.15, 0.2) is 5.16 Å². The van der Waals surface area contributed by atoms with Gasteiger partial charge in [0.05, 0.1) is 11.1 Å². The van der Waals surface area contributed by atoms with E-state index in [9.17, 15) is 9.18 Å². The lowest BCUT2D eigenvalue weighted by atomic mass is 10.1. The average Bonchev–Trinajstić information content (AvgIpc) is 3.44. The third-order valence-corrected chi connectivity index (χ3v) is 6.64. The van der Waals surface area contributed by atoms with Gasteiger partial charge in [-0.25, -0.2) is 9.37 Å². The van der Waals surface area contributed by atoms with E-state index in [1.807, 2.05) is 35.7 Å². The number of thiophene rings is 1. The molecule has 0 aliphatic carbocycles. The van der Waals surface area contributed by atoms with Crippen molar-refractivity contribution in [1.29, 1.82) is 0 Å². The van der Waals surface area contributed by atoms with Crippen molar-refractivity contribution in [3.63, 3.8) is 0 Å². The van der Waals surface area contributed by atoms with Gasteiger partial charge in [-0.15, -0.1) is 11.3 Å². The van der Waals surface area contributed by atoms with E-state index in [2.05, 4.69) is 15.1 Å². The zero-order chi connectivity index (χ0) is 21.4. The van der Waals surface area contributed by atoms with Crippen molar-refractivity contribution >= 4 is 33.3 Å². The van der Waals surface area contributed by atoms with Crippen LogP contribution in [0.3, 0.4) is 0 Å². The molecule has 9 heteroatoms. The summed E-state index contributed by atoms with van der Waals surface area (Å²) in [4.78, 5) is 22.8. The molecule has 0 fully saturated rings. The molecule has 5 rings (SSSR count). The zero-order valence-electron chi connectivity index (χ0n) is 16.3. The van der Waals surface area contributed by atoms with E-state index in [1.165, 1.54) is 35.2 Å². The number of thioether (sulfide) groups is 1. The molecule has 0 unspecified atom stereocenters. The van der Waals surface area contributed by atoms with E-state index in [1.54, 1.807) is 23.7 Å². The van der Waals surface area contributed by atoms with Crippen molar-refractivity contribution in [3.05, 3.63) is 82.0 Å². The van der Waals surface area contributed by atoms with Gasteiger partial charge in [-0.2, -0.15) is 4.98 Å². The van der Waals surface area contributed by atoms with Crippen molar-refractivity contribution in [1.82, 2.24) is 19.7 Å². The molecule has 154 valence electrons. The van der Waals surface area contributed by atoms with E-state index >= 15 is 0 Å². The fourth-order valence-corrected chi connectivity index (χ4v) is 4.97. The molecular formula is C22H15FN4O2S2. The second kappa shape index (κ2) is 8.09. The van der Waals surface area contributed by atoms with Crippen LogP contribution in [0, 0.1) is 5.82 Å². The highest BCUT2D eigenvalue weighted by molar-refractivity contribution is 7.98. The predicted octanol–water partition coefficient (Wildman–Crippen LogP) is 5.14. The summed E-state index contributed by atoms with van der Waals surface area (Å²) in [5.41, 5.74) is 2.46. The average molecular weight is 451 g/mol. The van der Waals surface area contributed by atoms with Crippen LogP contribution in [-0.4, -0.2) is 19.7 Å². The highest BCUT2D eigenvalue weighted by atomic mass is 32.2. The van der Waals surface area contributed by atoms with Crippen molar-refractivity contribution in [2.75, 3.05) is 0 Å². The summed E-state index contributed by atoms with van der Waals surface area (Å²) in [7, 11) is 1.71. The lowest BCUT2D eigenvalue weighted by Crippen LogP contribution is -2.19. The van der Waals surface area contributed by atoms with Gasteiger partial charge in [-0.1, -0.05) is 47.3 Å². The summed E-state index contributed by atoms with van der Waals surface area (Å²) in [6, 6.07) is 15.7. The molecule has 0 N–H and O–H groups in total. The third kappa shape index (κ3) is 3.77. The molecule has 0 radical (unpaired) electrons. The third-order valence-electron chi connectivity index (χ3n) is 4.75. The Hall–Kier alpha value is -3.30. The van der Waals surface area contributed by atoms with E-state index in [-0.39, 0.29) is 11.4 Å². The van der Waals surface area contributed by atoms with Gasteiger partial charge in [0.2, 0.25) is 11.7 Å². The molecule has 31 heavy (non-hydrogen) atoms. The normalized spacial score (nSPS) is 11.3. The first-order valence-electron chi connectivity index (χ1n) is 9.35. The number of benzene rings is 2. The van der Waals surface area contributed by atoms with Crippen LogP contribution in [0.25, 0.3) is 32.7 Å². The molecule has 3 aromatic heterocycles. The van der Waals surface area contributed by atoms with E-state index in [0.29, 0.717) is 38.4 Å². The van der Waals surface area contributed by atoms with Gasteiger partial charge < -0.3 is 4.52 Å². The Morgan fingerprint density at radius 1 is 1.06 bits per heavy atom. The molecule has 0 atom stereocenters. The molecule has 2 aromatic carbocycles. The van der Waals surface area contributed by atoms with Gasteiger partial charge in [0.1, 0.15) is 10.6 Å². The number of hydrogen-bond acceptors (Lipinski definition) is 7. The Kier molecular flexibility index (Phi) is 5.13. The Morgan fingerprint density at radius 3 is 2.61 bits per heavy atom. The van der Waals surface area contributed by atoms with Crippen molar-refractivity contribution < 1.29 is 8.91 Å². The van der Waals surface area contributed by atoms with Crippen molar-refractivity contribution in [3.8, 4) is 22.5 Å². The van der Waals surface area contributed by atoms with Crippen LogP contribution in [0.15, 0.2) is 74.5 Å². The largest absolute Gasteiger partial charge is 0.338 e. The summed E-state index contributed by atoms with van der Waals surface area (Å²) >= 11 is 2.80. The SMILES string of the molecule is Cn1c(SCc2nc(-c3ccc(F)cc3)no2)nc2scc(-c3ccccc3)c2c1=O. The Balaban J connectivity index is 1.41. The summed E-state index contributed by atoms with van der Waals surface area (Å²) in [5, 5.41) is 7.11. The number of hydrogen-bond donors (Lipinski definition) is 0.